The second-order valence-corrected chi connectivity index (χ2v) is 4.21. The van der Waals surface area contributed by atoms with Crippen molar-refractivity contribution in [3.05, 3.63) is 12.7 Å². The second-order valence-electron chi connectivity index (χ2n) is 4.21. The third-order valence-electron chi connectivity index (χ3n) is 2.57. The summed E-state index contributed by atoms with van der Waals surface area (Å²) < 4.78 is 0. The Bertz CT molecular complexity index is 179. The Morgan fingerprint density at radius 2 is 2.27 bits per heavy atom. The minimum absolute atomic E-state index is 0.232. The van der Waals surface area contributed by atoms with E-state index < -0.39 is 0 Å². The van der Waals surface area contributed by atoms with Crippen LogP contribution in [0.5, 0.6) is 0 Å². The fourth-order valence-corrected chi connectivity index (χ4v) is 1.85. The molecule has 0 amide bonds. The van der Waals surface area contributed by atoms with E-state index in [1.807, 2.05) is 0 Å². The summed E-state index contributed by atoms with van der Waals surface area (Å²) >= 11 is 0. The van der Waals surface area contributed by atoms with E-state index in [1.165, 1.54) is 12.5 Å². The van der Waals surface area contributed by atoms with Gasteiger partial charge in [-0.1, -0.05) is 20.4 Å². The van der Waals surface area contributed by atoms with E-state index >= 15 is 0 Å². The Balaban J connectivity index is 2.54. The summed E-state index contributed by atoms with van der Waals surface area (Å²) in [6.07, 6.45) is 4.74. The highest BCUT2D eigenvalue weighted by Gasteiger charge is 2.33. The first kappa shape index (κ1) is 8.51. The molecule has 1 aliphatic carbocycles. The van der Waals surface area contributed by atoms with Gasteiger partial charge in [-0.25, -0.2) is 0 Å². The van der Waals surface area contributed by atoms with Crippen molar-refractivity contribution < 1.29 is 4.79 Å². The molecule has 0 aliphatic heterocycles. The first-order valence-electron chi connectivity index (χ1n) is 4.21. The predicted octanol–water partition coefficient (Wildman–Crippen LogP) is 2.57. The van der Waals surface area contributed by atoms with Crippen LogP contribution in [0.25, 0.3) is 0 Å². The third kappa shape index (κ3) is 1.92. The van der Waals surface area contributed by atoms with E-state index in [1.54, 1.807) is 0 Å². The molecule has 0 aromatic heterocycles. The second kappa shape index (κ2) is 2.80. The van der Waals surface area contributed by atoms with E-state index in [9.17, 15) is 4.79 Å². The van der Waals surface area contributed by atoms with Gasteiger partial charge in [-0.3, -0.25) is 4.79 Å². The molecule has 1 rings (SSSR count). The van der Waals surface area contributed by atoms with Gasteiger partial charge in [-0.05, 0) is 30.8 Å². The summed E-state index contributed by atoms with van der Waals surface area (Å²) in [5.74, 6) is 0.498. The largest absolute Gasteiger partial charge is 0.295 e. The van der Waals surface area contributed by atoms with Crippen molar-refractivity contribution >= 4 is 5.78 Å². The maximum atomic E-state index is 11.2. The van der Waals surface area contributed by atoms with Crippen molar-refractivity contribution in [1.82, 2.24) is 0 Å². The van der Waals surface area contributed by atoms with Crippen LogP contribution < -0.4 is 0 Å². The molecular formula is C10H16O. The minimum Gasteiger partial charge on any atom is -0.295 e. The lowest BCUT2D eigenvalue weighted by Gasteiger charge is -2.15. The third-order valence-corrected chi connectivity index (χ3v) is 2.57. The van der Waals surface area contributed by atoms with Gasteiger partial charge in [0.1, 0.15) is 0 Å². The molecule has 0 saturated heterocycles. The molecular weight excluding hydrogens is 136 g/mol. The molecule has 0 spiro atoms. The lowest BCUT2D eigenvalue weighted by atomic mass is 9.90. The summed E-state index contributed by atoms with van der Waals surface area (Å²) in [7, 11) is 0. The minimum atomic E-state index is 0.232. The standard InChI is InChI=1S/C10H16O/c1-4-9(11)8-5-6-10(2,3)7-8/h4,8H,1,5-7H2,2-3H3. The quantitative estimate of drug-likeness (QED) is 0.556. The number of hydrogen-bond donors (Lipinski definition) is 0. The molecule has 1 fully saturated rings. The van der Waals surface area contributed by atoms with E-state index in [0.29, 0.717) is 5.41 Å². The van der Waals surface area contributed by atoms with Crippen LogP contribution in [0.15, 0.2) is 12.7 Å². The molecule has 1 unspecified atom stereocenters. The molecule has 1 saturated carbocycles. The number of hydrogen-bond acceptors (Lipinski definition) is 1. The van der Waals surface area contributed by atoms with Crippen LogP contribution in [0.2, 0.25) is 0 Å². The van der Waals surface area contributed by atoms with Gasteiger partial charge in [0.2, 0.25) is 0 Å². The van der Waals surface area contributed by atoms with Gasteiger partial charge < -0.3 is 0 Å². The molecule has 1 atom stereocenters. The highest BCUT2D eigenvalue weighted by atomic mass is 16.1. The normalized spacial score (nSPS) is 28.4. The van der Waals surface area contributed by atoms with Gasteiger partial charge >= 0.3 is 0 Å². The van der Waals surface area contributed by atoms with Crippen LogP contribution in [0.4, 0.5) is 0 Å². The van der Waals surface area contributed by atoms with E-state index in [2.05, 4.69) is 20.4 Å². The van der Waals surface area contributed by atoms with Crippen LogP contribution in [-0.4, -0.2) is 5.78 Å². The number of rotatable bonds is 2. The first-order valence-corrected chi connectivity index (χ1v) is 4.21. The van der Waals surface area contributed by atoms with Gasteiger partial charge in [0.25, 0.3) is 0 Å². The van der Waals surface area contributed by atoms with Crippen LogP contribution in [0, 0.1) is 11.3 Å². The molecule has 0 heterocycles. The average molecular weight is 152 g/mol. The van der Waals surface area contributed by atoms with Gasteiger partial charge in [0.15, 0.2) is 5.78 Å². The molecule has 0 aromatic rings. The topological polar surface area (TPSA) is 17.1 Å². The molecule has 62 valence electrons. The summed E-state index contributed by atoms with van der Waals surface area (Å²) in [6, 6.07) is 0. The van der Waals surface area contributed by atoms with Crippen LogP contribution in [0.3, 0.4) is 0 Å². The maximum absolute atomic E-state index is 11.2. The van der Waals surface area contributed by atoms with Crippen molar-refractivity contribution in [2.75, 3.05) is 0 Å². The zero-order chi connectivity index (χ0) is 8.48. The summed E-state index contributed by atoms with van der Waals surface area (Å²) in [6.45, 7) is 7.95. The van der Waals surface area contributed by atoms with Crippen molar-refractivity contribution in [3.63, 3.8) is 0 Å². The molecule has 0 bridgehead atoms. The number of carbonyl (C=O) groups excluding carboxylic acids is 1. The fraction of sp³-hybridized carbons (Fsp3) is 0.700. The van der Waals surface area contributed by atoms with Gasteiger partial charge in [-0.15, -0.1) is 0 Å². The van der Waals surface area contributed by atoms with Crippen LogP contribution >= 0.6 is 0 Å². The molecule has 1 nitrogen and oxygen atoms in total. The van der Waals surface area contributed by atoms with Crippen molar-refractivity contribution in [1.29, 1.82) is 0 Å². The van der Waals surface area contributed by atoms with Crippen molar-refractivity contribution in [3.8, 4) is 0 Å². The SMILES string of the molecule is C=CC(=O)C1CCC(C)(C)C1. The Morgan fingerprint density at radius 1 is 1.64 bits per heavy atom. The van der Waals surface area contributed by atoms with Gasteiger partial charge in [0.05, 0.1) is 0 Å². The fourth-order valence-electron chi connectivity index (χ4n) is 1.85. The predicted molar refractivity (Wildman–Crippen MR) is 46.3 cm³/mol. The van der Waals surface area contributed by atoms with Crippen LogP contribution in [0.1, 0.15) is 33.1 Å². The smallest absolute Gasteiger partial charge is 0.158 e. The number of allylic oxidation sites excluding steroid dienone is 1. The molecule has 0 N–H and O–H groups in total. The summed E-state index contributed by atoms with van der Waals surface area (Å²) in [5.41, 5.74) is 0.378. The molecule has 1 heteroatoms. The van der Waals surface area contributed by atoms with Gasteiger partial charge in [-0.2, -0.15) is 0 Å². The Morgan fingerprint density at radius 3 is 2.64 bits per heavy atom. The van der Waals surface area contributed by atoms with E-state index in [4.69, 9.17) is 0 Å². The average Bonchev–Trinajstić information content (AvgIpc) is 2.29. The Hall–Kier alpha value is -0.590. The van der Waals surface area contributed by atoms with E-state index in [-0.39, 0.29) is 11.7 Å². The van der Waals surface area contributed by atoms with Crippen molar-refractivity contribution in [2.45, 2.75) is 33.1 Å². The van der Waals surface area contributed by atoms with E-state index in [0.717, 1.165) is 12.8 Å². The van der Waals surface area contributed by atoms with Gasteiger partial charge in [0, 0.05) is 5.92 Å². The van der Waals surface area contributed by atoms with Crippen LogP contribution in [-0.2, 0) is 4.79 Å². The molecule has 0 aromatic carbocycles. The Kier molecular flexibility index (Phi) is 2.17. The zero-order valence-electron chi connectivity index (χ0n) is 7.39. The zero-order valence-corrected chi connectivity index (χ0v) is 7.39. The molecule has 0 radical (unpaired) electrons. The summed E-state index contributed by atoms with van der Waals surface area (Å²) in [5, 5.41) is 0. The first-order chi connectivity index (χ1) is 5.05. The summed E-state index contributed by atoms with van der Waals surface area (Å²) in [4.78, 5) is 11.2. The van der Waals surface area contributed by atoms with Crippen molar-refractivity contribution in [2.24, 2.45) is 11.3 Å². The highest BCUT2D eigenvalue weighted by molar-refractivity contribution is 5.91. The molecule has 11 heavy (non-hydrogen) atoms. The molecule has 1 aliphatic rings. The Labute approximate surface area is 68.5 Å². The monoisotopic (exact) mass is 152 g/mol. The number of ketones is 1. The number of carbonyl (C=O) groups is 1. The maximum Gasteiger partial charge on any atom is 0.158 e. The lowest BCUT2D eigenvalue weighted by molar-refractivity contribution is -0.118. The lowest BCUT2D eigenvalue weighted by Crippen LogP contribution is -2.10. The highest BCUT2D eigenvalue weighted by Crippen LogP contribution is 2.41.